The summed E-state index contributed by atoms with van der Waals surface area (Å²) in [6.45, 7) is 0.415. The molecule has 0 aromatic heterocycles. The molecule has 0 heterocycles. The van der Waals surface area contributed by atoms with E-state index in [0.717, 1.165) is 30.2 Å². The van der Waals surface area contributed by atoms with Crippen molar-refractivity contribution >= 4 is 0 Å². The highest BCUT2D eigenvalue weighted by Gasteiger charge is 2.48. The van der Waals surface area contributed by atoms with Crippen LogP contribution in [-0.2, 0) is 0 Å². The Morgan fingerprint density at radius 2 is 1.78 bits per heavy atom. The van der Waals surface area contributed by atoms with E-state index in [1.807, 2.05) is 0 Å². The van der Waals surface area contributed by atoms with E-state index in [0.29, 0.717) is 12.5 Å². The predicted octanol–water partition coefficient (Wildman–Crippen LogP) is 2.28. The molecule has 1 aromatic carbocycles. The third-order valence-corrected chi connectivity index (χ3v) is 4.73. The third kappa shape index (κ3) is 2.17. The minimum absolute atomic E-state index is 0.0619. The zero-order chi connectivity index (χ0) is 12.7. The number of hydrogen-bond donors (Lipinski definition) is 2. The van der Waals surface area contributed by atoms with Crippen molar-refractivity contribution < 1.29 is 9.50 Å². The van der Waals surface area contributed by atoms with Crippen LogP contribution in [-0.4, -0.2) is 17.8 Å². The number of rotatable bonds is 4. The van der Waals surface area contributed by atoms with E-state index < -0.39 is 0 Å². The molecule has 0 bridgehead atoms. The van der Waals surface area contributed by atoms with Crippen LogP contribution in [0.1, 0.15) is 30.7 Å². The Morgan fingerprint density at radius 3 is 2.33 bits per heavy atom. The van der Waals surface area contributed by atoms with Gasteiger partial charge in [-0.25, -0.2) is 4.39 Å². The first-order valence-electron chi connectivity index (χ1n) is 6.82. The zero-order valence-electron chi connectivity index (χ0n) is 10.4. The summed E-state index contributed by atoms with van der Waals surface area (Å²) in [6.07, 6.45) is 3.26. The van der Waals surface area contributed by atoms with Gasteiger partial charge in [-0.2, -0.15) is 0 Å². The van der Waals surface area contributed by atoms with Crippen molar-refractivity contribution in [2.45, 2.75) is 31.3 Å². The molecule has 0 aliphatic heterocycles. The average molecular weight is 249 g/mol. The molecule has 18 heavy (non-hydrogen) atoms. The smallest absolute Gasteiger partial charge is 0.123 e. The average Bonchev–Trinajstić information content (AvgIpc) is 2.99. The summed E-state index contributed by atoms with van der Waals surface area (Å²) in [5.41, 5.74) is 6.75. The first kappa shape index (κ1) is 12.1. The predicted molar refractivity (Wildman–Crippen MR) is 68.5 cm³/mol. The van der Waals surface area contributed by atoms with Crippen LogP contribution < -0.4 is 5.73 Å². The fourth-order valence-electron chi connectivity index (χ4n) is 3.55. The van der Waals surface area contributed by atoms with Crippen molar-refractivity contribution in [2.24, 2.45) is 23.5 Å². The monoisotopic (exact) mass is 249 g/mol. The van der Waals surface area contributed by atoms with Gasteiger partial charge in [-0.15, -0.1) is 0 Å². The second-order valence-corrected chi connectivity index (χ2v) is 5.87. The molecule has 2 aliphatic rings. The van der Waals surface area contributed by atoms with E-state index >= 15 is 0 Å². The van der Waals surface area contributed by atoms with Crippen molar-refractivity contribution in [1.29, 1.82) is 0 Å². The quantitative estimate of drug-likeness (QED) is 0.860. The Bertz CT molecular complexity index is 409. The molecule has 3 N–H and O–H groups in total. The fourth-order valence-corrected chi connectivity index (χ4v) is 3.55. The second-order valence-electron chi connectivity index (χ2n) is 5.87. The Hall–Kier alpha value is -0.930. The third-order valence-electron chi connectivity index (χ3n) is 4.73. The van der Waals surface area contributed by atoms with E-state index in [9.17, 15) is 9.50 Å². The summed E-state index contributed by atoms with van der Waals surface area (Å²) < 4.78 is 12.9. The maximum absolute atomic E-state index is 12.9. The number of aliphatic hydroxyl groups excluding tert-OH is 1. The van der Waals surface area contributed by atoms with Gasteiger partial charge in [0.2, 0.25) is 0 Å². The van der Waals surface area contributed by atoms with E-state index in [1.54, 1.807) is 12.1 Å². The molecule has 0 saturated heterocycles. The summed E-state index contributed by atoms with van der Waals surface area (Å²) in [5.74, 6) is 1.79. The summed E-state index contributed by atoms with van der Waals surface area (Å²) in [6, 6.07) is 6.37. The lowest BCUT2D eigenvalue weighted by Gasteiger charge is -2.27. The lowest BCUT2D eigenvalue weighted by atomic mass is 9.83. The lowest BCUT2D eigenvalue weighted by molar-refractivity contribution is 0.0790. The standard InChI is InChI=1S/C15H20FNO/c16-13-3-1-9(2-4-13)14(8-17)15(18)12-6-10-5-11(10)7-12/h1-4,10-12,14-15,18H,5-8,17H2. The molecule has 4 atom stereocenters. The van der Waals surface area contributed by atoms with Crippen molar-refractivity contribution in [3.8, 4) is 0 Å². The summed E-state index contributed by atoms with van der Waals surface area (Å²) in [4.78, 5) is 0. The molecule has 0 amide bonds. The molecule has 4 unspecified atom stereocenters. The molecule has 2 nitrogen and oxygen atoms in total. The van der Waals surface area contributed by atoms with Gasteiger partial charge < -0.3 is 10.8 Å². The highest BCUT2D eigenvalue weighted by molar-refractivity contribution is 5.22. The molecule has 0 spiro atoms. The number of aliphatic hydroxyl groups is 1. The van der Waals surface area contributed by atoms with Gasteiger partial charge in [0.05, 0.1) is 6.10 Å². The normalized spacial score (nSPS) is 32.9. The van der Waals surface area contributed by atoms with Crippen LogP contribution in [0.5, 0.6) is 0 Å². The summed E-state index contributed by atoms with van der Waals surface area (Å²) >= 11 is 0. The van der Waals surface area contributed by atoms with E-state index in [2.05, 4.69) is 0 Å². The maximum atomic E-state index is 12.9. The van der Waals surface area contributed by atoms with Gasteiger partial charge >= 0.3 is 0 Å². The molecule has 3 heteroatoms. The number of benzene rings is 1. The van der Waals surface area contributed by atoms with Crippen LogP contribution in [0.15, 0.2) is 24.3 Å². The van der Waals surface area contributed by atoms with E-state index in [1.165, 1.54) is 18.6 Å². The lowest BCUT2D eigenvalue weighted by Crippen LogP contribution is -2.32. The molecule has 0 radical (unpaired) electrons. The number of fused-ring (bicyclic) bond motifs is 1. The largest absolute Gasteiger partial charge is 0.392 e. The second kappa shape index (κ2) is 4.63. The van der Waals surface area contributed by atoms with Crippen LogP contribution in [0.25, 0.3) is 0 Å². The Balaban J connectivity index is 1.72. The zero-order valence-corrected chi connectivity index (χ0v) is 10.4. The van der Waals surface area contributed by atoms with E-state index in [4.69, 9.17) is 5.73 Å². The highest BCUT2D eigenvalue weighted by Crippen LogP contribution is 2.56. The van der Waals surface area contributed by atoms with Crippen molar-refractivity contribution in [3.05, 3.63) is 35.6 Å². The van der Waals surface area contributed by atoms with Gasteiger partial charge in [0, 0.05) is 12.5 Å². The molecular formula is C15H20FNO. The molecule has 1 aromatic rings. The first-order valence-corrected chi connectivity index (χ1v) is 6.82. The van der Waals surface area contributed by atoms with Crippen molar-refractivity contribution in [3.63, 3.8) is 0 Å². The van der Waals surface area contributed by atoms with Gasteiger partial charge in [-0.1, -0.05) is 12.1 Å². The van der Waals surface area contributed by atoms with Crippen molar-refractivity contribution in [2.75, 3.05) is 6.54 Å². The summed E-state index contributed by atoms with van der Waals surface area (Å²) in [7, 11) is 0. The topological polar surface area (TPSA) is 46.2 Å². The van der Waals surface area contributed by atoms with Gasteiger partial charge in [0.1, 0.15) is 5.82 Å². The molecular weight excluding hydrogens is 229 g/mol. The van der Waals surface area contributed by atoms with Crippen LogP contribution >= 0.6 is 0 Å². The fraction of sp³-hybridized carbons (Fsp3) is 0.600. The highest BCUT2D eigenvalue weighted by atomic mass is 19.1. The number of hydrogen-bond acceptors (Lipinski definition) is 2. The Labute approximate surface area is 107 Å². The molecule has 98 valence electrons. The van der Waals surface area contributed by atoms with Gasteiger partial charge in [0.25, 0.3) is 0 Å². The van der Waals surface area contributed by atoms with Crippen molar-refractivity contribution in [1.82, 2.24) is 0 Å². The van der Waals surface area contributed by atoms with Crippen LogP contribution in [0.3, 0.4) is 0 Å². The van der Waals surface area contributed by atoms with Gasteiger partial charge in [-0.05, 0) is 54.7 Å². The van der Waals surface area contributed by atoms with Crippen LogP contribution in [0, 0.1) is 23.6 Å². The molecule has 3 rings (SSSR count). The number of halogens is 1. The first-order chi connectivity index (χ1) is 8.69. The SMILES string of the molecule is NCC(c1ccc(F)cc1)C(O)C1CC2CC2C1. The van der Waals surface area contributed by atoms with E-state index in [-0.39, 0.29) is 17.8 Å². The summed E-state index contributed by atoms with van der Waals surface area (Å²) in [5, 5.41) is 10.5. The Morgan fingerprint density at radius 1 is 1.17 bits per heavy atom. The van der Waals surface area contributed by atoms with Crippen LogP contribution in [0.4, 0.5) is 4.39 Å². The van der Waals surface area contributed by atoms with Crippen LogP contribution in [0.2, 0.25) is 0 Å². The minimum Gasteiger partial charge on any atom is -0.392 e. The maximum Gasteiger partial charge on any atom is 0.123 e. The molecule has 2 fully saturated rings. The van der Waals surface area contributed by atoms with Gasteiger partial charge in [0.15, 0.2) is 0 Å². The minimum atomic E-state index is -0.381. The molecule has 2 saturated carbocycles. The number of nitrogens with two attached hydrogens (primary N) is 1. The Kier molecular flexibility index (Phi) is 3.12. The molecule has 2 aliphatic carbocycles. The van der Waals surface area contributed by atoms with Gasteiger partial charge in [-0.3, -0.25) is 0 Å².